The van der Waals surface area contributed by atoms with Crippen molar-refractivity contribution in [2.45, 2.75) is 25.8 Å². The van der Waals surface area contributed by atoms with E-state index >= 15 is 0 Å². The van der Waals surface area contributed by atoms with Gasteiger partial charge < -0.3 is 10.0 Å². The Labute approximate surface area is 105 Å². The first-order valence-corrected chi connectivity index (χ1v) is 5.89. The monoisotopic (exact) mass is 249 g/mol. The topological polar surface area (TPSA) is 83.4 Å². The van der Waals surface area contributed by atoms with Gasteiger partial charge in [0.15, 0.2) is 0 Å². The SMILES string of the molecule is CC1CCN(C(=O)c2cnccn2)C(C(=O)O)C1. The van der Waals surface area contributed by atoms with Gasteiger partial charge in [0.1, 0.15) is 11.7 Å². The highest BCUT2D eigenvalue weighted by Gasteiger charge is 2.35. The highest BCUT2D eigenvalue weighted by Crippen LogP contribution is 2.23. The second kappa shape index (κ2) is 5.12. The first-order chi connectivity index (χ1) is 8.59. The van der Waals surface area contributed by atoms with E-state index in [1.807, 2.05) is 6.92 Å². The Morgan fingerprint density at radius 3 is 2.83 bits per heavy atom. The summed E-state index contributed by atoms with van der Waals surface area (Å²) >= 11 is 0. The summed E-state index contributed by atoms with van der Waals surface area (Å²) in [6, 6.07) is -0.761. The molecule has 1 aromatic heterocycles. The molecule has 0 bridgehead atoms. The predicted molar refractivity (Wildman–Crippen MR) is 62.9 cm³/mol. The van der Waals surface area contributed by atoms with Crippen molar-refractivity contribution < 1.29 is 14.7 Å². The Balaban J connectivity index is 2.20. The van der Waals surface area contributed by atoms with Gasteiger partial charge in [-0.2, -0.15) is 0 Å². The van der Waals surface area contributed by atoms with Gasteiger partial charge in [0, 0.05) is 18.9 Å². The Kier molecular flexibility index (Phi) is 3.55. The number of hydrogen-bond acceptors (Lipinski definition) is 4. The van der Waals surface area contributed by atoms with Gasteiger partial charge in [0.05, 0.1) is 6.20 Å². The second-order valence-electron chi connectivity index (χ2n) is 4.57. The number of aromatic nitrogens is 2. The average molecular weight is 249 g/mol. The van der Waals surface area contributed by atoms with Crippen LogP contribution >= 0.6 is 0 Å². The summed E-state index contributed by atoms with van der Waals surface area (Å²) in [7, 11) is 0. The number of hydrogen-bond donors (Lipinski definition) is 1. The van der Waals surface area contributed by atoms with Crippen LogP contribution in [-0.4, -0.2) is 44.4 Å². The quantitative estimate of drug-likeness (QED) is 0.838. The van der Waals surface area contributed by atoms with Gasteiger partial charge in [-0.1, -0.05) is 6.92 Å². The van der Waals surface area contributed by atoms with E-state index in [0.29, 0.717) is 18.9 Å². The number of amides is 1. The molecule has 2 unspecified atom stereocenters. The third kappa shape index (κ3) is 2.47. The highest BCUT2D eigenvalue weighted by atomic mass is 16.4. The van der Waals surface area contributed by atoms with Crippen LogP contribution in [0.3, 0.4) is 0 Å². The average Bonchev–Trinajstić information content (AvgIpc) is 2.39. The molecule has 18 heavy (non-hydrogen) atoms. The largest absolute Gasteiger partial charge is 0.480 e. The molecule has 0 spiro atoms. The van der Waals surface area contributed by atoms with Crippen molar-refractivity contribution in [2.24, 2.45) is 5.92 Å². The predicted octanol–water partition coefficient (Wildman–Crippen LogP) is 0.802. The molecule has 6 nitrogen and oxygen atoms in total. The van der Waals surface area contributed by atoms with Gasteiger partial charge >= 0.3 is 5.97 Å². The van der Waals surface area contributed by atoms with E-state index in [0.717, 1.165) is 6.42 Å². The molecule has 0 aromatic carbocycles. The summed E-state index contributed by atoms with van der Waals surface area (Å²) in [4.78, 5) is 32.5. The molecule has 1 amide bonds. The molecule has 1 N–H and O–H groups in total. The van der Waals surface area contributed by atoms with Gasteiger partial charge in [-0.05, 0) is 18.8 Å². The first-order valence-electron chi connectivity index (χ1n) is 5.89. The molecule has 0 aliphatic carbocycles. The van der Waals surface area contributed by atoms with Crippen LogP contribution in [0.1, 0.15) is 30.3 Å². The highest BCUT2D eigenvalue weighted by molar-refractivity contribution is 5.94. The molecule has 0 saturated carbocycles. The van der Waals surface area contributed by atoms with Crippen molar-refractivity contribution in [3.8, 4) is 0 Å². The zero-order chi connectivity index (χ0) is 13.1. The molecular formula is C12H15N3O3. The normalized spacial score (nSPS) is 23.7. The fourth-order valence-corrected chi connectivity index (χ4v) is 2.18. The minimum atomic E-state index is -0.959. The van der Waals surface area contributed by atoms with Gasteiger partial charge in [-0.3, -0.25) is 9.78 Å². The van der Waals surface area contributed by atoms with E-state index in [9.17, 15) is 14.7 Å². The zero-order valence-corrected chi connectivity index (χ0v) is 10.1. The van der Waals surface area contributed by atoms with Gasteiger partial charge in [-0.15, -0.1) is 0 Å². The molecule has 2 rings (SSSR count). The van der Waals surface area contributed by atoms with E-state index in [4.69, 9.17) is 0 Å². The van der Waals surface area contributed by atoms with Crippen LogP contribution in [0.25, 0.3) is 0 Å². The molecule has 2 atom stereocenters. The van der Waals surface area contributed by atoms with Crippen molar-refractivity contribution in [2.75, 3.05) is 6.54 Å². The molecule has 1 aromatic rings. The molecule has 6 heteroatoms. The van der Waals surface area contributed by atoms with E-state index in [2.05, 4.69) is 9.97 Å². The fraction of sp³-hybridized carbons (Fsp3) is 0.500. The summed E-state index contributed by atoms with van der Waals surface area (Å²) in [5, 5.41) is 9.19. The lowest BCUT2D eigenvalue weighted by molar-refractivity contribution is -0.144. The zero-order valence-electron chi connectivity index (χ0n) is 10.1. The van der Waals surface area contributed by atoms with Crippen LogP contribution in [0.5, 0.6) is 0 Å². The maximum absolute atomic E-state index is 12.2. The summed E-state index contributed by atoms with van der Waals surface area (Å²) in [5.41, 5.74) is 0.193. The summed E-state index contributed by atoms with van der Waals surface area (Å²) in [5.74, 6) is -1.00. The van der Waals surface area contributed by atoms with Crippen molar-refractivity contribution in [3.05, 3.63) is 24.3 Å². The number of likely N-dealkylation sites (tertiary alicyclic amines) is 1. The Bertz CT molecular complexity index is 449. The lowest BCUT2D eigenvalue weighted by Gasteiger charge is -2.35. The van der Waals surface area contributed by atoms with Gasteiger partial charge in [-0.25, -0.2) is 9.78 Å². The Morgan fingerprint density at radius 1 is 1.44 bits per heavy atom. The summed E-state index contributed by atoms with van der Waals surface area (Å²) < 4.78 is 0. The number of rotatable bonds is 2. The number of nitrogens with zero attached hydrogens (tertiary/aromatic N) is 3. The van der Waals surface area contributed by atoms with E-state index in [1.165, 1.54) is 23.5 Å². The van der Waals surface area contributed by atoms with Crippen LogP contribution in [0.15, 0.2) is 18.6 Å². The molecule has 2 heterocycles. The van der Waals surface area contributed by atoms with Gasteiger partial charge in [0.25, 0.3) is 5.91 Å². The molecule has 1 fully saturated rings. The number of piperidine rings is 1. The summed E-state index contributed by atoms with van der Waals surface area (Å²) in [6.07, 6.45) is 5.57. The van der Waals surface area contributed by atoms with Crippen LogP contribution in [0.2, 0.25) is 0 Å². The first kappa shape index (κ1) is 12.5. The van der Waals surface area contributed by atoms with Crippen LogP contribution < -0.4 is 0 Å². The minimum Gasteiger partial charge on any atom is -0.480 e. The third-order valence-corrected chi connectivity index (χ3v) is 3.19. The van der Waals surface area contributed by atoms with E-state index in [1.54, 1.807) is 0 Å². The smallest absolute Gasteiger partial charge is 0.326 e. The number of carboxylic acid groups (broad SMARTS) is 1. The second-order valence-corrected chi connectivity index (χ2v) is 4.57. The van der Waals surface area contributed by atoms with Crippen molar-refractivity contribution >= 4 is 11.9 Å². The standard InChI is InChI=1S/C12H15N3O3/c1-8-2-5-15(10(6-8)12(17)18)11(16)9-7-13-3-4-14-9/h3-4,7-8,10H,2,5-6H2,1H3,(H,17,18). The lowest BCUT2D eigenvalue weighted by atomic mass is 9.92. The Morgan fingerprint density at radius 2 is 2.22 bits per heavy atom. The number of carbonyl (C=O) groups excluding carboxylic acids is 1. The molecule has 1 aliphatic rings. The lowest BCUT2D eigenvalue weighted by Crippen LogP contribution is -2.50. The van der Waals surface area contributed by atoms with Crippen LogP contribution in [0.4, 0.5) is 0 Å². The number of carbonyl (C=O) groups is 2. The van der Waals surface area contributed by atoms with E-state index in [-0.39, 0.29) is 11.6 Å². The van der Waals surface area contributed by atoms with Crippen molar-refractivity contribution in [1.29, 1.82) is 0 Å². The van der Waals surface area contributed by atoms with Crippen molar-refractivity contribution in [3.63, 3.8) is 0 Å². The molecule has 0 radical (unpaired) electrons. The molecule has 1 saturated heterocycles. The molecular weight excluding hydrogens is 234 g/mol. The number of carboxylic acids is 1. The van der Waals surface area contributed by atoms with Crippen LogP contribution in [-0.2, 0) is 4.79 Å². The van der Waals surface area contributed by atoms with Gasteiger partial charge in [0.2, 0.25) is 0 Å². The summed E-state index contributed by atoms with van der Waals surface area (Å²) in [6.45, 7) is 2.45. The molecule has 1 aliphatic heterocycles. The Hall–Kier alpha value is -1.98. The van der Waals surface area contributed by atoms with Crippen molar-refractivity contribution in [1.82, 2.24) is 14.9 Å². The van der Waals surface area contributed by atoms with Crippen LogP contribution in [0, 0.1) is 5.92 Å². The molecule has 96 valence electrons. The maximum atomic E-state index is 12.2. The third-order valence-electron chi connectivity index (χ3n) is 3.19. The fourth-order valence-electron chi connectivity index (χ4n) is 2.18. The minimum absolute atomic E-state index is 0.193. The maximum Gasteiger partial charge on any atom is 0.326 e. The number of aliphatic carboxylic acids is 1. The van der Waals surface area contributed by atoms with E-state index < -0.39 is 12.0 Å².